The third-order valence-corrected chi connectivity index (χ3v) is 3.27. The van der Waals surface area contributed by atoms with E-state index in [2.05, 4.69) is 4.98 Å². The lowest BCUT2D eigenvalue weighted by Gasteiger charge is -2.10. The summed E-state index contributed by atoms with van der Waals surface area (Å²) >= 11 is 5.67. The van der Waals surface area contributed by atoms with Crippen LogP contribution in [-0.2, 0) is 6.54 Å². The highest BCUT2D eigenvalue weighted by atomic mass is 35.5. The predicted molar refractivity (Wildman–Crippen MR) is 68.2 cm³/mol. The molecular formula is C13H11ClN2O2. The van der Waals surface area contributed by atoms with Gasteiger partial charge in [-0.2, -0.15) is 0 Å². The van der Waals surface area contributed by atoms with Crippen molar-refractivity contribution in [2.24, 2.45) is 0 Å². The molecule has 1 unspecified atom stereocenters. The summed E-state index contributed by atoms with van der Waals surface area (Å²) in [4.78, 5) is 15.7. The summed E-state index contributed by atoms with van der Waals surface area (Å²) in [5.74, 6) is 1.08. The van der Waals surface area contributed by atoms with Gasteiger partial charge in [-0.3, -0.25) is 9.36 Å². The van der Waals surface area contributed by atoms with Crippen molar-refractivity contribution < 1.29 is 4.74 Å². The van der Waals surface area contributed by atoms with Gasteiger partial charge in [0.2, 0.25) is 0 Å². The molecule has 18 heavy (non-hydrogen) atoms. The van der Waals surface area contributed by atoms with E-state index < -0.39 is 0 Å². The topological polar surface area (TPSA) is 44.1 Å². The standard InChI is InChI=1S/C13H11ClN2O2/c14-12-5-13(17)16(8-15-12)6-9-7-18-11-4-2-1-3-10(9)11/h1-5,8-9H,6-7H2. The Hall–Kier alpha value is -1.81. The van der Waals surface area contributed by atoms with E-state index in [9.17, 15) is 4.79 Å². The van der Waals surface area contributed by atoms with Gasteiger partial charge in [0.05, 0.1) is 12.9 Å². The van der Waals surface area contributed by atoms with Gasteiger partial charge in [-0.25, -0.2) is 4.98 Å². The molecule has 0 radical (unpaired) electrons. The number of fused-ring (bicyclic) bond motifs is 1. The fourth-order valence-corrected chi connectivity index (χ4v) is 2.30. The monoisotopic (exact) mass is 262 g/mol. The molecule has 0 N–H and O–H groups in total. The highest BCUT2D eigenvalue weighted by molar-refractivity contribution is 6.29. The van der Waals surface area contributed by atoms with Crippen LogP contribution in [0, 0.1) is 0 Å². The van der Waals surface area contributed by atoms with Crippen LogP contribution in [0.15, 0.2) is 41.5 Å². The summed E-state index contributed by atoms with van der Waals surface area (Å²) in [5.41, 5.74) is 0.999. The van der Waals surface area contributed by atoms with Crippen molar-refractivity contribution in [2.75, 3.05) is 6.61 Å². The first-order valence-electron chi connectivity index (χ1n) is 5.68. The SMILES string of the molecule is O=c1cc(Cl)ncn1CC1COc2ccccc21. The van der Waals surface area contributed by atoms with E-state index in [4.69, 9.17) is 16.3 Å². The number of benzene rings is 1. The van der Waals surface area contributed by atoms with Gasteiger partial charge in [0.1, 0.15) is 10.9 Å². The number of nitrogens with zero attached hydrogens (tertiary/aromatic N) is 2. The van der Waals surface area contributed by atoms with Crippen molar-refractivity contribution in [3.8, 4) is 5.75 Å². The smallest absolute Gasteiger partial charge is 0.254 e. The third kappa shape index (κ3) is 1.99. The summed E-state index contributed by atoms with van der Waals surface area (Å²) in [7, 11) is 0. The maximum absolute atomic E-state index is 11.7. The van der Waals surface area contributed by atoms with E-state index >= 15 is 0 Å². The Kier molecular flexibility index (Phi) is 2.80. The van der Waals surface area contributed by atoms with Crippen LogP contribution in [0.4, 0.5) is 0 Å². The molecular weight excluding hydrogens is 252 g/mol. The van der Waals surface area contributed by atoms with E-state index in [1.165, 1.54) is 12.4 Å². The molecule has 0 spiro atoms. The molecule has 1 aromatic carbocycles. The second kappa shape index (κ2) is 4.46. The Morgan fingerprint density at radius 1 is 1.44 bits per heavy atom. The van der Waals surface area contributed by atoms with Crippen molar-refractivity contribution in [3.05, 3.63) is 57.7 Å². The van der Waals surface area contributed by atoms with E-state index in [0.717, 1.165) is 11.3 Å². The Bertz CT molecular complexity index is 639. The highest BCUT2D eigenvalue weighted by Crippen LogP contribution is 2.33. The second-order valence-corrected chi connectivity index (χ2v) is 4.64. The van der Waals surface area contributed by atoms with Crippen LogP contribution in [-0.4, -0.2) is 16.2 Å². The summed E-state index contributed by atoms with van der Waals surface area (Å²) in [6, 6.07) is 9.21. The van der Waals surface area contributed by atoms with Crippen molar-refractivity contribution in [1.29, 1.82) is 0 Å². The van der Waals surface area contributed by atoms with Gasteiger partial charge in [0.25, 0.3) is 5.56 Å². The van der Waals surface area contributed by atoms with Gasteiger partial charge >= 0.3 is 0 Å². The predicted octanol–water partition coefficient (Wildman–Crippen LogP) is 2.07. The van der Waals surface area contributed by atoms with Crippen molar-refractivity contribution >= 4 is 11.6 Å². The van der Waals surface area contributed by atoms with Crippen molar-refractivity contribution in [1.82, 2.24) is 9.55 Å². The van der Waals surface area contributed by atoms with Crippen molar-refractivity contribution in [2.45, 2.75) is 12.5 Å². The number of hydrogen-bond donors (Lipinski definition) is 0. The molecule has 92 valence electrons. The number of aromatic nitrogens is 2. The van der Waals surface area contributed by atoms with Gasteiger partial charge in [-0.1, -0.05) is 29.8 Å². The maximum Gasteiger partial charge on any atom is 0.254 e. The zero-order valence-electron chi connectivity index (χ0n) is 9.54. The van der Waals surface area contributed by atoms with Gasteiger partial charge in [-0.05, 0) is 6.07 Å². The minimum absolute atomic E-state index is 0.139. The molecule has 0 aliphatic carbocycles. The molecule has 2 heterocycles. The molecule has 0 fully saturated rings. The van der Waals surface area contributed by atoms with Crippen LogP contribution in [0.2, 0.25) is 5.15 Å². The third-order valence-electron chi connectivity index (χ3n) is 3.06. The van der Waals surface area contributed by atoms with Crippen LogP contribution >= 0.6 is 11.6 Å². The lowest BCUT2D eigenvalue weighted by molar-refractivity contribution is 0.317. The first-order chi connectivity index (χ1) is 8.74. The average Bonchev–Trinajstić information content (AvgIpc) is 2.76. The van der Waals surface area contributed by atoms with Crippen LogP contribution < -0.4 is 10.3 Å². The first kappa shape index (κ1) is 11.3. The first-order valence-corrected chi connectivity index (χ1v) is 6.05. The summed E-state index contributed by atoms with van der Waals surface area (Å²) < 4.78 is 7.14. The van der Waals surface area contributed by atoms with Crippen LogP contribution in [0.25, 0.3) is 0 Å². The summed E-state index contributed by atoms with van der Waals surface area (Å²) in [6.45, 7) is 1.15. The fourth-order valence-electron chi connectivity index (χ4n) is 2.16. The lowest BCUT2D eigenvalue weighted by Crippen LogP contribution is -2.23. The van der Waals surface area contributed by atoms with Gasteiger partial charge in [0.15, 0.2) is 0 Å². The largest absolute Gasteiger partial charge is 0.493 e. The molecule has 1 aromatic heterocycles. The highest BCUT2D eigenvalue weighted by Gasteiger charge is 2.24. The molecule has 4 nitrogen and oxygen atoms in total. The molecule has 2 aromatic rings. The molecule has 0 amide bonds. The molecule has 3 rings (SSSR count). The molecule has 1 aliphatic rings. The molecule has 1 atom stereocenters. The number of ether oxygens (including phenoxy) is 1. The van der Waals surface area contributed by atoms with Crippen LogP contribution in [0.5, 0.6) is 5.75 Å². The van der Waals surface area contributed by atoms with E-state index in [1.54, 1.807) is 4.57 Å². The van der Waals surface area contributed by atoms with E-state index in [1.807, 2.05) is 24.3 Å². The molecule has 1 aliphatic heterocycles. The number of hydrogen-bond acceptors (Lipinski definition) is 3. The fraction of sp³-hybridized carbons (Fsp3) is 0.231. The zero-order chi connectivity index (χ0) is 12.5. The second-order valence-electron chi connectivity index (χ2n) is 4.25. The molecule has 0 bridgehead atoms. The Balaban J connectivity index is 1.89. The zero-order valence-corrected chi connectivity index (χ0v) is 10.3. The van der Waals surface area contributed by atoms with E-state index in [-0.39, 0.29) is 16.6 Å². The summed E-state index contributed by atoms with van der Waals surface area (Å²) in [5, 5.41) is 0.222. The Morgan fingerprint density at radius 2 is 2.28 bits per heavy atom. The van der Waals surface area contributed by atoms with Crippen molar-refractivity contribution in [3.63, 3.8) is 0 Å². The van der Waals surface area contributed by atoms with Crippen LogP contribution in [0.1, 0.15) is 11.5 Å². The number of halogens is 1. The van der Waals surface area contributed by atoms with Crippen LogP contribution in [0.3, 0.4) is 0 Å². The van der Waals surface area contributed by atoms with Gasteiger partial charge < -0.3 is 4.74 Å². The van der Waals surface area contributed by atoms with Gasteiger partial charge in [0, 0.05) is 24.1 Å². The number of rotatable bonds is 2. The average molecular weight is 263 g/mol. The minimum atomic E-state index is -0.139. The molecule has 0 saturated carbocycles. The summed E-state index contributed by atoms with van der Waals surface area (Å²) in [6.07, 6.45) is 1.48. The van der Waals surface area contributed by atoms with Gasteiger partial charge in [-0.15, -0.1) is 0 Å². The normalized spacial score (nSPS) is 17.3. The molecule has 5 heteroatoms. The lowest BCUT2D eigenvalue weighted by atomic mass is 10.0. The van der Waals surface area contributed by atoms with E-state index in [0.29, 0.717) is 13.2 Å². The number of para-hydroxylation sites is 1. The Labute approximate surface area is 109 Å². The minimum Gasteiger partial charge on any atom is -0.493 e. The molecule has 0 saturated heterocycles. The quantitative estimate of drug-likeness (QED) is 0.779. The Morgan fingerprint density at radius 3 is 3.11 bits per heavy atom. The maximum atomic E-state index is 11.7.